The summed E-state index contributed by atoms with van der Waals surface area (Å²) in [6.45, 7) is 13.5. The van der Waals surface area contributed by atoms with Gasteiger partial charge in [-0.3, -0.25) is 34.1 Å². The number of alkyl halides is 4. The summed E-state index contributed by atoms with van der Waals surface area (Å²) < 4.78 is 74.5. The van der Waals surface area contributed by atoms with Crippen LogP contribution in [0.3, 0.4) is 0 Å². The van der Waals surface area contributed by atoms with Gasteiger partial charge in [0.2, 0.25) is 29.5 Å². The molecule has 2 saturated heterocycles. The number of rotatable bonds is 24. The van der Waals surface area contributed by atoms with Crippen LogP contribution in [0.25, 0.3) is 0 Å². The molecule has 4 bridgehead atoms. The van der Waals surface area contributed by atoms with Gasteiger partial charge in [0.15, 0.2) is 5.72 Å². The van der Waals surface area contributed by atoms with Crippen molar-refractivity contribution in [2.75, 3.05) is 57.0 Å². The van der Waals surface area contributed by atoms with E-state index in [1.165, 1.54) is 33.1 Å². The van der Waals surface area contributed by atoms with Crippen LogP contribution in [0.4, 0.5) is 34.1 Å². The molecule has 10 atom stereocenters. The third-order valence-corrected chi connectivity index (χ3v) is 17.1. The lowest BCUT2D eigenvalue weighted by atomic mass is 9.83. The Hall–Kier alpha value is -7.27. The highest BCUT2D eigenvalue weighted by Gasteiger charge is 2.64. The van der Waals surface area contributed by atoms with Crippen LogP contribution in [-0.2, 0) is 60.3 Å². The SMILES string of the molecule is C=C(CBr)C(=O)NCCCCCC(=O)N[C@H](C(=O)N[C@@H](CCCNC(N)=O)C(=O)Nc1ccc(C(=O)N(C)[C@@H](C)C(=O)O[C@H]2CC(=O)N(C)c3cc(cc(OC)c3Cl)C/C(C)=C/C=C/[C@@H](OC)[C@@]3(O)C[C@H](OC(=O)N3)[C@@H](C)[C@@H]3O[C@@]23C)cc1C(F)(F)F)C(C)C. The molecule has 9 N–H and O–H groups in total. The van der Waals surface area contributed by atoms with Crippen molar-refractivity contribution in [1.29, 1.82) is 0 Å². The highest BCUT2D eigenvalue weighted by atomic mass is 79.9. The number of allylic oxidation sites excluding steroid dienone is 3. The van der Waals surface area contributed by atoms with E-state index in [2.05, 4.69) is 54.4 Å². The number of primary amides is 1. The molecule has 5 rings (SSSR count). The number of carbonyl (C=O) groups excluding carboxylic acids is 9. The molecule has 0 aliphatic carbocycles. The van der Waals surface area contributed by atoms with Crippen molar-refractivity contribution in [3.8, 4) is 5.75 Å². The van der Waals surface area contributed by atoms with E-state index in [4.69, 9.17) is 41.0 Å². The van der Waals surface area contributed by atoms with Crippen LogP contribution in [0.1, 0.15) is 114 Å². The quantitative estimate of drug-likeness (QED) is 0.0183. The van der Waals surface area contributed by atoms with Crippen LogP contribution >= 0.6 is 27.5 Å². The molecule has 90 heavy (non-hydrogen) atoms. The number of unbranched alkanes of at least 4 members (excludes halogenated alkanes) is 2. The first-order valence-electron chi connectivity index (χ1n) is 29.2. The molecule has 3 heterocycles. The summed E-state index contributed by atoms with van der Waals surface area (Å²) >= 11 is 9.99. The van der Waals surface area contributed by atoms with Gasteiger partial charge in [-0.1, -0.05) is 85.1 Å². The molecular weight excluding hydrogens is 1270 g/mol. The first-order chi connectivity index (χ1) is 42.2. The maximum atomic E-state index is 15.1. The molecular formula is C61H82BrClF3N9O15. The first-order valence-corrected chi connectivity index (χ1v) is 30.7. The zero-order chi connectivity index (χ0) is 67.2. The maximum absolute atomic E-state index is 15.1. The van der Waals surface area contributed by atoms with Crippen LogP contribution in [0.2, 0.25) is 5.02 Å². The van der Waals surface area contributed by atoms with E-state index >= 15 is 13.2 Å². The van der Waals surface area contributed by atoms with Gasteiger partial charge in [-0.05, 0) is 94.7 Å². The van der Waals surface area contributed by atoms with E-state index in [-0.39, 0.29) is 54.6 Å². The zero-order valence-electron chi connectivity index (χ0n) is 52.0. The molecule has 9 amide bonds. The van der Waals surface area contributed by atoms with E-state index in [9.17, 15) is 48.3 Å². The van der Waals surface area contributed by atoms with Crippen LogP contribution in [0, 0.1) is 11.8 Å². The van der Waals surface area contributed by atoms with Crippen molar-refractivity contribution < 1.29 is 85.1 Å². The number of carbonyl (C=O) groups is 9. The normalized spacial score (nSPS) is 23.8. The van der Waals surface area contributed by atoms with E-state index in [0.717, 1.165) is 29.7 Å². The second kappa shape index (κ2) is 32.1. The molecule has 496 valence electrons. The zero-order valence-corrected chi connectivity index (χ0v) is 54.4. The van der Waals surface area contributed by atoms with Gasteiger partial charge >= 0.3 is 24.3 Å². The molecule has 0 radical (unpaired) electrons. The number of epoxide rings is 1. The largest absolute Gasteiger partial charge is 0.495 e. The summed E-state index contributed by atoms with van der Waals surface area (Å²) in [6.07, 6.45) is -4.72. The monoisotopic (exact) mass is 1350 g/mol. The number of nitrogens with one attached hydrogen (secondary N) is 6. The fourth-order valence-electron chi connectivity index (χ4n) is 10.4. The Balaban J connectivity index is 1.38. The molecule has 0 unspecified atom stereocenters. The summed E-state index contributed by atoms with van der Waals surface area (Å²) in [5, 5.41) is 27.2. The molecule has 3 aliphatic rings. The minimum atomic E-state index is -5.22. The number of aliphatic hydroxyl groups is 1. The highest BCUT2D eigenvalue weighted by Crippen LogP contribution is 2.49. The van der Waals surface area contributed by atoms with Gasteiger partial charge in [0.25, 0.3) is 5.91 Å². The lowest BCUT2D eigenvalue weighted by molar-refractivity contribution is -0.158. The van der Waals surface area contributed by atoms with Crippen molar-refractivity contribution in [1.82, 2.24) is 31.5 Å². The van der Waals surface area contributed by atoms with Gasteiger partial charge in [-0.25, -0.2) is 14.4 Å². The fourth-order valence-corrected chi connectivity index (χ4v) is 11.0. The number of amides is 9. The van der Waals surface area contributed by atoms with Crippen molar-refractivity contribution >= 4 is 92.4 Å². The number of methoxy groups -OCH3 is 2. The van der Waals surface area contributed by atoms with E-state index in [1.54, 1.807) is 58.1 Å². The predicted molar refractivity (Wildman–Crippen MR) is 330 cm³/mol. The smallest absolute Gasteiger partial charge is 0.418 e. The molecule has 24 nitrogen and oxygen atoms in total. The number of urea groups is 1. The minimum Gasteiger partial charge on any atom is -0.495 e. The average molecular weight is 1350 g/mol. The Kier molecular flexibility index (Phi) is 26.2. The van der Waals surface area contributed by atoms with Crippen LogP contribution in [0.15, 0.2) is 66.3 Å². The number of esters is 1. The standard InChI is InChI=1S/C61H82BrClF3N9O15/c1-32(2)50(72-47(76)20-13-12-14-23-68-52(78)34(4)31-62)54(80)71-41(18-16-24-69-57(67)83)53(79)70-40-22-21-38(28-39(40)61(64,65)66)55(81)74(8)36(6)56(82)89-46-29-48(77)75(9)42-26-37(27-43(86-10)49(42)63)25-33(3)17-15-19-45(87-11)60(85)30-44(88-58(84)73-60)35(5)51-59(46,7)90-51/h15,17,19,21-22,26-28,32,35-36,41,44-46,50-51,85H,4,12-14,16,18,20,23-25,29-31H2,1-3,5-11H3,(H,68,78)(H,70,79)(H,71,80)(H,72,76)(H,73,84)(H3,67,69,83)/b19-15+,33-17+/t35-,36+,41+,44+,45-,46+,50+,51+,59+,60+/m1/s1. The Bertz CT molecular complexity index is 3080. The highest BCUT2D eigenvalue weighted by molar-refractivity contribution is 9.09. The number of ether oxygens (including phenoxy) is 5. The maximum Gasteiger partial charge on any atom is 0.418 e. The first kappa shape index (κ1) is 73.5. The molecule has 29 heteroatoms. The second-order valence-corrected chi connectivity index (χ2v) is 24.1. The van der Waals surface area contributed by atoms with E-state index in [0.29, 0.717) is 54.8 Å². The lowest BCUT2D eigenvalue weighted by Crippen LogP contribution is -2.63. The Morgan fingerprint density at radius 1 is 1.01 bits per heavy atom. The van der Waals surface area contributed by atoms with Gasteiger partial charge in [0.1, 0.15) is 52.8 Å². The number of halogens is 5. The topological polar surface area (TPSA) is 328 Å². The third-order valence-electron chi connectivity index (χ3n) is 16.0. The van der Waals surface area contributed by atoms with Crippen LogP contribution < -0.4 is 47.3 Å². The Labute approximate surface area is 534 Å². The van der Waals surface area contributed by atoms with Crippen molar-refractivity contribution in [2.24, 2.45) is 17.6 Å². The van der Waals surface area contributed by atoms with Gasteiger partial charge in [-0.15, -0.1) is 0 Å². The molecule has 2 aromatic rings. The molecule has 3 aliphatic heterocycles. The number of benzene rings is 2. The summed E-state index contributed by atoms with van der Waals surface area (Å²) in [7, 11) is 5.36. The minimum absolute atomic E-state index is 0.00270. The van der Waals surface area contributed by atoms with Gasteiger partial charge in [0, 0.05) is 69.5 Å². The second-order valence-electron chi connectivity index (χ2n) is 23.1. The number of hydrogen-bond donors (Lipinski definition) is 8. The molecule has 2 aromatic carbocycles. The lowest BCUT2D eigenvalue weighted by Gasteiger charge is -2.42. The number of alkyl carbamates (subject to hydrolysis) is 1. The Morgan fingerprint density at radius 2 is 1.70 bits per heavy atom. The Morgan fingerprint density at radius 3 is 2.33 bits per heavy atom. The summed E-state index contributed by atoms with van der Waals surface area (Å²) in [5.74, 6) is -6.62. The number of nitrogens with two attached hydrogens (primary N) is 1. The van der Waals surface area contributed by atoms with Crippen molar-refractivity contribution in [3.05, 3.63) is 88.0 Å². The van der Waals surface area contributed by atoms with Crippen LogP contribution in [-0.4, -0.2) is 164 Å². The van der Waals surface area contributed by atoms with Gasteiger partial charge in [0.05, 0.1) is 36.6 Å². The molecule has 2 fully saturated rings. The number of likely N-dealkylation sites (N-methyl/N-ethyl adjacent to an activating group) is 1. The average Bonchev–Trinajstić information content (AvgIpc) is 1.57. The summed E-state index contributed by atoms with van der Waals surface area (Å²) in [5.41, 5.74) is 0.938. The van der Waals surface area contributed by atoms with Gasteiger partial charge < -0.3 is 70.9 Å². The van der Waals surface area contributed by atoms with Gasteiger partial charge in [-0.2, -0.15) is 13.2 Å². The summed E-state index contributed by atoms with van der Waals surface area (Å²) in [4.78, 5) is 122. The number of anilines is 2. The van der Waals surface area contributed by atoms with Crippen LogP contribution in [0.5, 0.6) is 5.75 Å². The predicted octanol–water partition coefficient (Wildman–Crippen LogP) is 6.49. The van der Waals surface area contributed by atoms with Crippen molar-refractivity contribution in [2.45, 2.75) is 159 Å². The van der Waals surface area contributed by atoms with E-state index < -0.39 is 143 Å². The molecule has 0 spiro atoms. The molecule has 0 aromatic heterocycles. The number of fused-ring (bicyclic) bond motifs is 5. The number of nitrogens with zero attached hydrogens (tertiary/aromatic N) is 2. The van der Waals surface area contributed by atoms with E-state index in [1.807, 2.05) is 6.92 Å². The summed E-state index contributed by atoms with van der Waals surface area (Å²) in [6, 6.07) is 0.476. The third kappa shape index (κ3) is 19.4. The fraction of sp³-hybridized carbons (Fsp3) is 0.557. The number of hydrogen-bond acceptors (Lipinski definition) is 15. The van der Waals surface area contributed by atoms with Crippen molar-refractivity contribution in [3.63, 3.8) is 0 Å². The molecule has 0 saturated carbocycles.